The van der Waals surface area contributed by atoms with Gasteiger partial charge in [0, 0.05) is 67.9 Å². The SMILES string of the molecule is Cc1ccc(-c2ccccc2)cc1N1c2ccc(-c3ccccc3)cc2B2c3c1cc1oc4ccccc4c1c3-c1ccc(N(c3ccccc3)c3ccccc3)cc1N2c1ccc(-c2ccccc2)cc1. The highest BCUT2D eigenvalue weighted by molar-refractivity contribution is 6.94. The number of benzene rings is 11. The van der Waals surface area contributed by atoms with Gasteiger partial charge in [-0.05, 0) is 129 Å². The summed E-state index contributed by atoms with van der Waals surface area (Å²) >= 11 is 0. The van der Waals surface area contributed by atoms with Crippen LogP contribution in [0, 0.1) is 6.92 Å². The van der Waals surface area contributed by atoms with Crippen molar-refractivity contribution in [3.8, 4) is 44.5 Å². The first-order chi connectivity index (χ1) is 35.6. The molecule has 1 aromatic heterocycles. The molecule has 0 bridgehead atoms. The smallest absolute Gasteiger partial charge is 0.333 e. The van der Waals surface area contributed by atoms with Gasteiger partial charge in [-0.3, -0.25) is 0 Å². The van der Waals surface area contributed by atoms with Gasteiger partial charge in [-0.15, -0.1) is 0 Å². The van der Waals surface area contributed by atoms with E-state index in [1.807, 2.05) is 0 Å². The lowest BCUT2D eigenvalue weighted by atomic mass is 9.43. The summed E-state index contributed by atoms with van der Waals surface area (Å²) in [4.78, 5) is 7.52. The first-order valence-corrected chi connectivity index (χ1v) is 24.8. The van der Waals surface area contributed by atoms with Gasteiger partial charge < -0.3 is 19.0 Å². The van der Waals surface area contributed by atoms with E-state index in [2.05, 4.69) is 282 Å². The van der Waals surface area contributed by atoms with Crippen LogP contribution >= 0.6 is 0 Å². The van der Waals surface area contributed by atoms with Crippen LogP contribution in [0.3, 0.4) is 0 Å². The first-order valence-electron chi connectivity index (χ1n) is 24.8. The van der Waals surface area contributed by atoms with E-state index < -0.39 is 0 Å². The minimum Gasteiger partial charge on any atom is -0.456 e. The fraction of sp³-hybridized carbons (Fsp3) is 0.0149. The number of furan rings is 1. The van der Waals surface area contributed by atoms with Crippen LogP contribution in [-0.4, -0.2) is 6.85 Å². The number of nitrogens with zero attached hydrogens (tertiary/aromatic N) is 3. The van der Waals surface area contributed by atoms with Gasteiger partial charge in [-0.25, -0.2) is 0 Å². The van der Waals surface area contributed by atoms with Crippen molar-refractivity contribution < 1.29 is 4.42 Å². The van der Waals surface area contributed by atoms with Crippen LogP contribution in [0.5, 0.6) is 0 Å². The number of para-hydroxylation sites is 3. The summed E-state index contributed by atoms with van der Waals surface area (Å²) in [6.45, 7) is 1.98. The molecular weight excluding hydrogens is 874 g/mol. The monoisotopic (exact) mass is 919 g/mol. The number of hydrogen-bond donors (Lipinski definition) is 0. The number of hydrogen-bond acceptors (Lipinski definition) is 4. The maximum absolute atomic E-state index is 7.00. The van der Waals surface area contributed by atoms with E-state index in [0.717, 1.165) is 73.0 Å². The molecule has 0 radical (unpaired) electrons. The first kappa shape index (κ1) is 41.6. The molecule has 3 heterocycles. The Labute approximate surface area is 420 Å². The van der Waals surface area contributed by atoms with E-state index in [4.69, 9.17) is 4.42 Å². The van der Waals surface area contributed by atoms with Crippen molar-refractivity contribution in [3.63, 3.8) is 0 Å². The lowest BCUT2D eigenvalue weighted by Crippen LogP contribution is -2.61. The van der Waals surface area contributed by atoms with Gasteiger partial charge in [-0.1, -0.05) is 188 Å². The van der Waals surface area contributed by atoms with E-state index in [1.54, 1.807) is 0 Å². The fourth-order valence-corrected chi connectivity index (χ4v) is 11.4. The zero-order valence-corrected chi connectivity index (χ0v) is 39.7. The van der Waals surface area contributed by atoms with Crippen molar-refractivity contribution in [2.75, 3.05) is 14.6 Å². The Hall–Kier alpha value is -9.32. The molecule has 0 atom stereocenters. The maximum atomic E-state index is 7.00. The Kier molecular flexibility index (Phi) is 9.82. The fourth-order valence-electron chi connectivity index (χ4n) is 11.4. The van der Waals surface area contributed by atoms with Gasteiger partial charge in [0.2, 0.25) is 0 Å². The average Bonchev–Trinajstić information content (AvgIpc) is 3.83. The molecule has 338 valence electrons. The van der Waals surface area contributed by atoms with Crippen molar-refractivity contribution in [1.82, 2.24) is 0 Å². The molecule has 72 heavy (non-hydrogen) atoms. The standard InChI is InChI=1S/C67H46BN3O/c1-45-31-32-51(48-23-11-4-12-24-48)42-60(45)70-59-40-35-50(47-21-9-3-10-22-47)41-58(59)68-67-62(70)44-64-65(57-29-17-18-30-63(57)72-64)66(67)56-39-38-55(69(52-25-13-5-14-26-52)53-27-15-6-16-28-53)43-61(56)71(68)54-36-33-49(34-37-54)46-19-7-2-8-20-46/h2-44H,1H3. The molecule has 0 saturated heterocycles. The summed E-state index contributed by atoms with van der Waals surface area (Å²) in [6, 6.07) is 94.9. The van der Waals surface area contributed by atoms with Gasteiger partial charge in [-0.2, -0.15) is 0 Å². The highest BCUT2D eigenvalue weighted by Crippen LogP contribution is 2.53. The molecule has 0 spiro atoms. The van der Waals surface area contributed by atoms with E-state index in [0.29, 0.717) is 0 Å². The lowest BCUT2D eigenvalue weighted by molar-refractivity contribution is 0.669. The molecule has 0 N–H and O–H groups in total. The molecule has 12 aromatic rings. The second kappa shape index (κ2) is 17.0. The van der Waals surface area contributed by atoms with Crippen LogP contribution in [0.25, 0.3) is 66.4 Å². The molecule has 0 fully saturated rings. The summed E-state index contributed by atoms with van der Waals surface area (Å²) in [5.41, 5.74) is 23.6. The summed E-state index contributed by atoms with van der Waals surface area (Å²) < 4.78 is 7.00. The summed E-state index contributed by atoms with van der Waals surface area (Å²) in [5, 5.41) is 2.23. The van der Waals surface area contributed by atoms with Crippen molar-refractivity contribution in [1.29, 1.82) is 0 Å². The van der Waals surface area contributed by atoms with E-state index in [9.17, 15) is 0 Å². The van der Waals surface area contributed by atoms with Crippen LogP contribution in [0.15, 0.2) is 265 Å². The molecule has 14 rings (SSSR count). The van der Waals surface area contributed by atoms with Gasteiger partial charge in [0.15, 0.2) is 0 Å². The highest BCUT2D eigenvalue weighted by Gasteiger charge is 2.47. The molecule has 0 unspecified atom stereocenters. The van der Waals surface area contributed by atoms with Crippen LogP contribution in [-0.2, 0) is 0 Å². The van der Waals surface area contributed by atoms with Gasteiger partial charge in [0.1, 0.15) is 11.2 Å². The molecule has 2 aliphatic heterocycles. The summed E-state index contributed by atoms with van der Waals surface area (Å²) in [6.07, 6.45) is 0. The predicted molar refractivity (Wildman–Crippen MR) is 303 cm³/mol. The molecular formula is C67H46BN3O. The highest BCUT2D eigenvalue weighted by atomic mass is 16.3. The lowest BCUT2D eigenvalue weighted by Gasteiger charge is -2.46. The number of aryl methyl sites for hydroxylation is 1. The third kappa shape index (κ3) is 6.77. The van der Waals surface area contributed by atoms with Crippen molar-refractivity contribution in [3.05, 3.63) is 266 Å². The normalized spacial score (nSPS) is 12.4. The zero-order chi connectivity index (χ0) is 47.7. The topological polar surface area (TPSA) is 22.9 Å². The predicted octanol–water partition coefficient (Wildman–Crippen LogP) is 17.1. The van der Waals surface area contributed by atoms with Crippen LogP contribution in [0.2, 0.25) is 0 Å². The molecule has 0 aliphatic carbocycles. The third-order valence-corrected chi connectivity index (χ3v) is 14.7. The molecule has 0 saturated carbocycles. The number of anilines is 8. The quantitative estimate of drug-likeness (QED) is 0.142. The minimum atomic E-state index is -0.257. The van der Waals surface area contributed by atoms with Gasteiger partial charge >= 0.3 is 6.85 Å². The Bertz CT molecular complexity index is 3950. The molecule has 0 amide bonds. The van der Waals surface area contributed by atoms with E-state index in [1.165, 1.54) is 55.4 Å². The molecule has 4 nitrogen and oxygen atoms in total. The van der Waals surface area contributed by atoms with E-state index in [-0.39, 0.29) is 6.85 Å². The van der Waals surface area contributed by atoms with Crippen molar-refractivity contribution in [2.24, 2.45) is 0 Å². The molecule has 5 heteroatoms. The van der Waals surface area contributed by atoms with Crippen molar-refractivity contribution in [2.45, 2.75) is 6.92 Å². The number of rotatable bonds is 8. The van der Waals surface area contributed by atoms with Crippen LogP contribution < -0.4 is 25.5 Å². The van der Waals surface area contributed by atoms with Crippen LogP contribution in [0.1, 0.15) is 5.56 Å². The Morgan fingerprint density at radius 3 is 1.58 bits per heavy atom. The molecule has 2 aliphatic rings. The summed E-state index contributed by atoms with van der Waals surface area (Å²) in [5.74, 6) is 0. The second-order valence-corrected chi connectivity index (χ2v) is 18.9. The third-order valence-electron chi connectivity index (χ3n) is 14.7. The number of fused-ring (bicyclic) bond motifs is 8. The van der Waals surface area contributed by atoms with Crippen molar-refractivity contribution >= 4 is 85.2 Å². The maximum Gasteiger partial charge on any atom is 0.333 e. The Balaban J connectivity index is 1.11. The minimum absolute atomic E-state index is 0.257. The largest absolute Gasteiger partial charge is 0.456 e. The Morgan fingerprint density at radius 1 is 0.389 bits per heavy atom. The van der Waals surface area contributed by atoms with Gasteiger partial charge in [0.25, 0.3) is 0 Å². The zero-order valence-electron chi connectivity index (χ0n) is 39.7. The second-order valence-electron chi connectivity index (χ2n) is 18.9. The van der Waals surface area contributed by atoms with Crippen LogP contribution in [0.4, 0.5) is 45.5 Å². The Morgan fingerprint density at radius 2 is 0.931 bits per heavy atom. The average molecular weight is 920 g/mol. The molecule has 11 aromatic carbocycles. The van der Waals surface area contributed by atoms with E-state index >= 15 is 0 Å². The summed E-state index contributed by atoms with van der Waals surface area (Å²) in [7, 11) is 0. The van der Waals surface area contributed by atoms with Gasteiger partial charge in [0.05, 0.1) is 0 Å².